The van der Waals surface area contributed by atoms with Gasteiger partial charge in [0.1, 0.15) is 7.05 Å². The molecule has 0 saturated carbocycles. The van der Waals surface area contributed by atoms with Gasteiger partial charge in [-0.1, -0.05) is 35.9 Å². The molecule has 0 N–H and O–H groups in total. The molecule has 2 heterocycles. The first-order valence-electron chi connectivity index (χ1n) is 8.54. The average molecular weight is 325 g/mol. The molecule has 2 nitrogen and oxygen atoms in total. The van der Waals surface area contributed by atoms with Crippen molar-refractivity contribution < 1.29 is 4.57 Å². The number of hydrogen-bond donors (Lipinski definition) is 0. The number of benzene rings is 2. The number of hydrogen-bond acceptors (Lipinski definition) is 1. The van der Waals surface area contributed by atoms with E-state index in [0.29, 0.717) is 0 Å². The van der Waals surface area contributed by atoms with Gasteiger partial charge in [-0.25, -0.2) is 4.57 Å². The molecule has 2 aromatic carbocycles. The summed E-state index contributed by atoms with van der Waals surface area (Å²) in [5.41, 5.74) is 7.41. The first kappa shape index (κ1) is 15.5. The average Bonchev–Trinajstić information content (AvgIpc) is 2.63. The van der Waals surface area contributed by atoms with Gasteiger partial charge in [-0.3, -0.25) is 4.98 Å². The summed E-state index contributed by atoms with van der Waals surface area (Å²) in [6.45, 7) is 4.33. The molecule has 4 aromatic rings. The Labute approximate surface area is 148 Å². The largest absolute Gasteiger partial charge is 0.264 e. The molecule has 0 radical (unpaired) electrons. The zero-order valence-electron chi connectivity index (χ0n) is 14.8. The van der Waals surface area contributed by atoms with Crippen molar-refractivity contribution in [2.75, 3.05) is 0 Å². The Balaban J connectivity index is 2.01. The van der Waals surface area contributed by atoms with Crippen LogP contribution < -0.4 is 4.57 Å². The first-order valence-corrected chi connectivity index (χ1v) is 8.54. The Morgan fingerprint density at radius 1 is 0.880 bits per heavy atom. The third-order valence-corrected chi connectivity index (χ3v) is 4.78. The second kappa shape index (κ2) is 6.14. The lowest BCUT2D eigenvalue weighted by Crippen LogP contribution is -2.30. The van der Waals surface area contributed by atoms with Crippen LogP contribution in [0.5, 0.6) is 0 Å². The van der Waals surface area contributed by atoms with Crippen molar-refractivity contribution >= 4 is 10.8 Å². The van der Waals surface area contributed by atoms with Crippen LogP contribution >= 0.6 is 0 Å². The van der Waals surface area contributed by atoms with E-state index in [1.54, 1.807) is 0 Å². The fraction of sp³-hybridized carbons (Fsp3) is 0.130. The van der Waals surface area contributed by atoms with Crippen molar-refractivity contribution in [1.29, 1.82) is 0 Å². The van der Waals surface area contributed by atoms with Gasteiger partial charge in [0.2, 0.25) is 5.69 Å². The third kappa shape index (κ3) is 2.80. The van der Waals surface area contributed by atoms with Gasteiger partial charge in [0, 0.05) is 24.0 Å². The summed E-state index contributed by atoms with van der Waals surface area (Å²) >= 11 is 0. The molecule has 0 saturated heterocycles. The molecule has 25 heavy (non-hydrogen) atoms. The van der Waals surface area contributed by atoms with E-state index in [-0.39, 0.29) is 0 Å². The van der Waals surface area contributed by atoms with Crippen LogP contribution in [0.2, 0.25) is 0 Å². The molecular weight excluding hydrogens is 304 g/mol. The summed E-state index contributed by atoms with van der Waals surface area (Å²) < 4.78 is 2.22. The first-order chi connectivity index (χ1) is 12.1. The van der Waals surface area contributed by atoms with Gasteiger partial charge in [0.15, 0.2) is 6.20 Å². The zero-order valence-corrected chi connectivity index (χ0v) is 14.8. The standard InChI is InChI=1S/C23H21N2/c1-16-6-8-18-10-12-25(3)23(22(18)13-16)21-14-19(9-7-17(21)2)20-5-4-11-24-15-20/h4-15H,1-3H3/q+1. The predicted molar refractivity (Wildman–Crippen MR) is 103 cm³/mol. The van der Waals surface area contributed by atoms with Crippen LogP contribution in [0.15, 0.2) is 73.2 Å². The fourth-order valence-electron chi connectivity index (χ4n) is 3.40. The van der Waals surface area contributed by atoms with Crippen LogP contribution in [-0.4, -0.2) is 4.98 Å². The van der Waals surface area contributed by atoms with E-state index in [1.165, 1.54) is 38.7 Å². The van der Waals surface area contributed by atoms with E-state index >= 15 is 0 Å². The molecular formula is C23H21N2+. The molecule has 0 atom stereocenters. The van der Waals surface area contributed by atoms with E-state index in [4.69, 9.17) is 0 Å². The predicted octanol–water partition coefficient (Wildman–Crippen LogP) is 5.01. The molecule has 0 aliphatic heterocycles. The maximum Gasteiger partial charge on any atom is 0.220 e. The van der Waals surface area contributed by atoms with Crippen LogP contribution in [0, 0.1) is 13.8 Å². The second-order valence-corrected chi connectivity index (χ2v) is 6.64. The topological polar surface area (TPSA) is 16.8 Å². The summed E-state index contributed by atoms with van der Waals surface area (Å²) in [5.74, 6) is 0. The molecule has 2 heteroatoms. The van der Waals surface area contributed by atoms with E-state index in [1.807, 2.05) is 18.5 Å². The maximum absolute atomic E-state index is 4.26. The van der Waals surface area contributed by atoms with Gasteiger partial charge in [-0.2, -0.15) is 0 Å². The van der Waals surface area contributed by atoms with Crippen molar-refractivity contribution in [3.05, 3.63) is 84.3 Å². The maximum atomic E-state index is 4.26. The number of pyridine rings is 2. The molecule has 2 aromatic heterocycles. The van der Waals surface area contributed by atoms with E-state index in [0.717, 1.165) is 5.56 Å². The minimum absolute atomic E-state index is 1.14. The highest BCUT2D eigenvalue weighted by Crippen LogP contribution is 2.31. The Bertz CT molecular complexity index is 1060. The quantitative estimate of drug-likeness (QED) is 0.473. The summed E-state index contributed by atoms with van der Waals surface area (Å²) in [7, 11) is 2.12. The zero-order chi connectivity index (χ0) is 17.4. The monoisotopic (exact) mass is 325 g/mol. The molecule has 0 fully saturated rings. The minimum atomic E-state index is 1.14. The van der Waals surface area contributed by atoms with Crippen LogP contribution in [0.4, 0.5) is 0 Å². The SMILES string of the molecule is Cc1ccc2cc[n+](C)c(-c3cc(-c4cccnc4)ccc3C)c2c1. The normalized spacial score (nSPS) is 11.0. The van der Waals surface area contributed by atoms with Gasteiger partial charge in [0.05, 0.1) is 10.9 Å². The lowest BCUT2D eigenvalue weighted by Gasteiger charge is -2.11. The Morgan fingerprint density at radius 3 is 2.56 bits per heavy atom. The van der Waals surface area contributed by atoms with Crippen molar-refractivity contribution in [1.82, 2.24) is 4.98 Å². The van der Waals surface area contributed by atoms with Crippen molar-refractivity contribution in [3.63, 3.8) is 0 Å². The Hall–Kier alpha value is -3.00. The smallest absolute Gasteiger partial charge is 0.220 e. The van der Waals surface area contributed by atoms with E-state index in [9.17, 15) is 0 Å². The van der Waals surface area contributed by atoms with Gasteiger partial charge in [-0.05, 0) is 48.6 Å². The molecule has 0 bridgehead atoms. The highest BCUT2D eigenvalue weighted by Gasteiger charge is 2.18. The third-order valence-electron chi connectivity index (χ3n) is 4.78. The summed E-state index contributed by atoms with van der Waals surface area (Å²) in [6, 6.07) is 19.6. The number of aromatic nitrogens is 2. The molecule has 0 amide bonds. The summed E-state index contributed by atoms with van der Waals surface area (Å²) in [6.07, 6.45) is 5.87. The van der Waals surface area contributed by atoms with Gasteiger partial charge in [-0.15, -0.1) is 0 Å². The lowest BCUT2D eigenvalue weighted by atomic mass is 9.95. The Kier molecular flexibility index (Phi) is 3.81. The number of fused-ring (bicyclic) bond motifs is 1. The summed E-state index contributed by atoms with van der Waals surface area (Å²) in [5, 5.41) is 2.56. The van der Waals surface area contributed by atoms with Gasteiger partial charge >= 0.3 is 0 Å². The van der Waals surface area contributed by atoms with Gasteiger partial charge < -0.3 is 0 Å². The van der Waals surface area contributed by atoms with E-state index in [2.05, 4.69) is 85.2 Å². The second-order valence-electron chi connectivity index (χ2n) is 6.64. The van der Waals surface area contributed by atoms with Crippen LogP contribution in [0.3, 0.4) is 0 Å². The molecule has 0 aliphatic carbocycles. The number of nitrogens with zero attached hydrogens (tertiary/aromatic N) is 2. The highest BCUT2D eigenvalue weighted by atomic mass is 14.9. The molecule has 4 rings (SSSR count). The summed E-state index contributed by atoms with van der Waals surface area (Å²) in [4.78, 5) is 4.26. The van der Waals surface area contributed by atoms with Gasteiger partial charge in [0.25, 0.3) is 0 Å². The van der Waals surface area contributed by atoms with Crippen molar-refractivity contribution in [2.45, 2.75) is 13.8 Å². The Morgan fingerprint density at radius 2 is 1.76 bits per heavy atom. The lowest BCUT2D eigenvalue weighted by molar-refractivity contribution is -0.659. The highest BCUT2D eigenvalue weighted by molar-refractivity contribution is 5.94. The van der Waals surface area contributed by atoms with Crippen LogP contribution in [-0.2, 0) is 7.05 Å². The van der Waals surface area contributed by atoms with Crippen molar-refractivity contribution in [2.24, 2.45) is 7.05 Å². The molecule has 0 unspecified atom stereocenters. The number of aryl methyl sites for hydroxylation is 3. The number of rotatable bonds is 2. The molecule has 122 valence electrons. The molecule has 0 aliphatic rings. The van der Waals surface area contributed by atoms with Crippen LogP contribution in [0.1, 0.15) is 11.1 Å². The molecule has 0 spiro atoms. The minimum Gasteiger partial charge on any atom is -0.264 e. The van der Waals surface area contributed by atoms with Crippen LogP contribution in [0.25, 0.3) is 33.2 Å². The fourth-order valence-corrected chi connectivity index (χ4v) is 3.40. The van der Waals surface area contributed by atoms with Crippen molar-refractivity contribution in [3.8, 4) is 22.4 Å². The van der Waals surface area contributed by atoms with E-state index < -0.39 is 0 Å².